The molecule has 5 rings (SSSR count). The number of carboxylic acid groups (broad SMARTS) is 1. The van der Waals surface area contributed by atoms with Crippen molar-refractivity contribution >= 4 is 18.0 Å². The third kappa shape index (κ3) is 4.36. The second-order valence-corrected chi connectivity index (χ2v) is 13.9. The molecule has 0 amide bonds. The summed E-state index contributed by atoms with van der Waals surface area (Å²) in [5.74, 6) is -0.782. The van der Waals surface area contributed by atoms with Gasteiger partial charge in [-0.05, 0) is 68.8 Å². The molecule has 9 nitrogen and oxygen atoms in total. The van der Waals surface area contributed by atoms with E-state index in [0.29, 0.717) is 18.8 Å². The fourth-order valence-corrected chi connectivity index (χ4v) is 10.0. The Balaban J connectivity index is 1.51. The average Bonchev–Trinajstić information content (AvgIpc) is 3.53. The highest BCUT2D eigenvalue weighted by Crippen LogP contribution is 2.82. The quantitative estimate of drug-likeness (QED) is 0.116. The first kappa shape index (κ1) is 32.1. The van der Waals surface area contributed by atoms with Crippen molar-refractivity contribution in [3.8, 4) is 0 Å². The van der Waals surface area contributed by atoms with Gasteiger partial charge in [-0.2, -0.15) is 0 Å². The first-order valence-electron chi connectivity index (χ1n) is 15.8. The van der Waals surface area contributed by atoms with E-state index < -0.39 is 52.9 Å². The van der Waals surface area contributed by atoms with E-state index in [2.05, 4.69) is 13.0 Å². The maximum absolute atomic E-state index is 13.7. The number of fused-ring (bicyclic) bond motifs is 2. The van der Waals surface area contributed by atoms with Gasteiger partial charge in [0.2, 0.25) is 0 Å². The number of methoxy groups -OCH3 is 1. The fraction of sp³-hybridized carbons (Fsp3) is 0.735. The summed E-state index contributed by atoms with van der Waals surface area (Å²) in [7, 11) is 1.49. The van der Waals surface area contributed by atoms with Crippen LogP contribution in [0.4, 0.5) is 0 Å². The van der Waals surface area contributed by atoms with Crippen LogP contribution >= 0.6 is 0 Å². The molecule has 4 aliphatic carbocycles. The number of carboxylic acids is 1. The van der Waals surface area contributed by atoms with Gasteiger partial charge >= 0.3 is 5.97 Å². The van der Waals surface area contributed by atoms with Gasteiger partial charge in [0.1, 0.15) is 23.9 Å². The lowest BCUT2D eigenvalue weighted by molar-refractivity contribution is -0.308. The van der Waals surface area contributed by atoms with Crippen LogP contribution in [0.1, 0.15) is 67.2 Å². The Morgan fingerprint density at radius 1 is 1.19 bits per heavy atom. The van der Waals surface area contributed by atoms with Crippen molar-refractivity contribution in [3.63, 3.8) is 0 Å². The lowest BCUT2D eigenvalue weighted by atomic mass is 9.43. The van der Waals surface area contributed by atoms with Crippen molar-refractivity contribution < 1.29 is 43.5 Å². The van der Waals surface area contributed by atoms with Crippen molar-refractivity contribution in [3.05, 3.63) is 35.6 Å². The Morgan fingerprint density at radius 2 is 1.91 bits per heavy atom. The lowest BCUT2D eigenvalue weighted by Crippen LogP contribution is -2.64. The zero-order chi connectivity index (χ0) is 31.5. The highest BCUT2D eigenvalue weighted by Gasteiger charge is 2.84. The minimum absolute atomic E-state index is 0.00894. The molecule has 0 aromatic carbocycles. The Kier molecular flexibility index (Phi) is 8.61. The van der Waals surface area contributed by atoms with E-state index in [1.807, 2.05) is 20.8 Å². The molecule has 0 aromatic heterocycles. The van der Waals surface area contributed by atoms with E-state index in [1.165, 1.54) is 14.0 Å². The van der Waals surface area contributed by atoms with E-state index in [1.54, 1.807) is 25.2 Å². The number of carbonyl (C=O) groups is 3. The maximum Gasteiger partial charge on any atom is 0.315 e. The van der Waals surface area contributed by atoms with Gasteiger partial charge in [0.05, 0.1) is 18.1 Å². The number of allylic oxidation sites excluding steroid dienone is 5. The van der Waals surface area contributed by atoms with Crippen molar-refractivity contribution in [1.82, 2.24) is 0 Å². The number of aliphatic hydroxyl groups excluding tert-OH is 1. The zero-order valence-electron chi connectivity index (χ0n) is 26.4. The molecule has 238 valence electrons. The number of ketones is 1. The monoisotopic (exact) mass is 600 g/mol. The van der Waals surface area contributed by atoms with Crippen LogP contribution in [0.2, 0.25) is 0 Å². The Hall–Kier alpha value is -2.33. The third-order valence-electron chi connectivity index (χ3n) is 11.7. The Labute approximate surface area is 254 Å². The van der Waals surface area contributed by atoms with Crippen molar-refractivity contribution in [1.29, 1.82) is 0 Å². The van der Waals surface area contributed by atoms with Crippen LogP contribution in [-0.2, 0) is 33.3 Å². The summed E-state index contributed by atoms with van der Waals surface area (Å²) in [5, 5.41) is 22.8. The number of aliphatic carboxylic acids is 1. The van der Waals surface area contributed by atoms with Gasteiger partial charge in [-0.15, -0.1) is 0 Å². The molecular weight excluding hydrogens is 552 g/mol. The van der Waals surface area contributed by atoms with Crippen LogP contribution in [0.15, 0.2) is 35.6 Å². The second-order valence-electron chi connectivity index (χ2n) is 13.9. The third-order valence-corrected chi connectivity index (χ3v) is 11.7. The summed E-state index contributed by atoms with van der Waals surface area (Å²) < 4.78 is 24.3. The smallest absolute Gasteiger partial charge is 0.315 e. The molecule has 1 heterocycles. The van der Waals surface area contributed by atoms with Gasteiger partial charge in [-0.3, -0.25) is 9.59 Å². The predicted molar refractivity (Wildman–Crippen MR) is 158 cm³/mol. The number of rotatable bonds is 11. The van der Waals surface area contributed by atoms with Crippen LogP contribution < -0.4 is 0 Å². The highest BCUT2D eigenvalue weighted by atomic mass is 16.7. The molecule has 0 aromatic rings. The van der Waals surface area contributed by atoms with E-state index in [0.717, 1.165) is 24.7 Å². The molecule has 12 atom stereocenters. The largest absolute Gasteiger partial charge is 0.481 e. The summed E-state index contributed by atoms with van der Waals surface area (Å²) in [5.41, 5.74) is -2.44. The van der Waals surface area contributed by atoms with E-state index >= 15 is 0 Å². The Morgan fingerprint density at radius 3 is 2.49 bits per heavy atom. The van der Waals surface area contributed by atoms with Gasteiger partial charge in [0.15, 0.2) is 23.9 Å². The molecule has 1 unspecified atom stereocenters. The van der Waals surface area contributed by atoms with Crippen molar-refractivity contribution in [2.45, 2.75) is 97.9 Å². The number of hydrogen-bond acceptors (Lipinski definition) is 8. The number of aldehydes is 1. The van der Waals surface area contributed by atoms with Crippen LogP contribution in [0.5, 0.6) is 0 Å². The molecule has 4 fully saturated rings. The zero-order valence-corrected chi connectivity index (χ0v) is 26.4. The summed E-state index contributed by atoms with van der Waals surface area (Å²) in [6.07, 6.45) is 6.34. The van der Waals surface area contributed by atoms with Crippen LogP contribution in [0.3, 0.4) is 0 Å². The SMILES string of the molecule is C/C=C/C=C(/O[C@@H]1[C@H](OC)[C@@H](C)OC(OC[C@@]23C[C@@H]4[C@H](C)CC[C@H]4[C@@]4(C=O)C[C@@H]2C=C(C(C)C)[C@@]34C(=O)O)[C@H]1O)C(C)=O. The first-order chi connectivity index (χ1) is 20.4. The molecule has 0 spiro atoms. The molecular formula is C34H48O9. The predicted octanol–water partition coefficient (Wildman–Crippen LogP) is 4.48. The molecule has 9 heteroatoms. The average molecular weight is 601 g/mol. The second kappa shape index (κ2) is 11.5. The van der Waals surface area contributed by atoms with E-state index in [4.69, 9.17) is 18.9 Å². The molecule has 1 aliphatic heterocycles. The maximum atomic E-state index is 13.7. The minimum atomic E-state index is -1.39. The molecule has 2 N–H and O–H groups in total. The van der Waals surface area contributed by atoms with Gasteiger partial charge in [-0.25, -0.2) is 0 Å². The van der Waals surface area contributed by atoms with Crippen LogP contribution in [0.25, 0.3) is 0 Å². The minimum Gasteiger partial charge on any atom is -0.481 e. The number of Topliss-reactive ketones (excluding diaryl/α,β-unsaturated/α-hetero) is 1. The first-order valence-corrected chi connectivity index (χ1v) is 15.8. The normalized spacial score (nSPS) is 45.4. The molecule has 0 radical (unpaired) electrons. The van der Waals surface area contributed by atoms with E-state index in [-0.39, 0.29) is 41.8 Å². The van der Waals surface area contributed by atoms with Crippen LogP contribution in [0, 0.1) is 45.8 Å². The highest BCUT2D eigenvalue weighted by molar-refractivity contribution is 5.91. The lowest BCUT2D eigenvalue weighted by Gasteiger charge is -2.58. The molecule has 1 saturated heterocycles. The fourth-order valence-electron chi connectivity index (χ4n) is 10.0. The van der Waals surface area contributed by atoms with Gasteiger partial charge in [0, 0.05) is 19.4 Å². The van der Waals surface area contributed by atoms with Crippen molar-refractivity contribution in [2.75, 3.05) is 13.7 Å². The number of carbonyl (C=O) groups excluding carboxylic acids is 2. The van der Waals surface area contributed by atoms with Crippen LogP contribution in [-0.4, -0.2) is 72.7 Å². The van der Waals surface area contributed by atoms with Gasteiger partial charge < -0.3 is 34.0 Å². The molecule has 4 bridgehead atoms. The topological polar surface area (TPSA) is 129 Å². The van der Waals surface area contributed by atoms with Gasteiger partial charge in [-0.1, -0.05) is 51.0 Å². The summed E-state index contributed by atoms with van der Waals surface area (Å²) in [4.78, 5) is 39.3. The number of hydrogen-bond donors (Lipinski definition) is 2. The van der Waals surface area contributed by atoms with Gasteiger partial charge in [0.25, 0.3) is 0 Å². The molecule has 3 saturated carbocycles. The summed E-state index contributed by atoms with van der Waals surface area (Å²) in [6, 6.07) is 0. The molecule has 43 heavy (non-hydrogen) atoms. The van der Waals surface area contributed by atoms with E-state index in [9.17, 15) is 24.6 Å². The summed E-state index contributed by atoms with van der Waals surface area (Å²) in [6.45, 7) is 11.2. The number of ether oxygens (including phenoxy) is 4. The molecule has 5 aliphatic rings. The van der Waals surface area contributed by atoms with Crippen molar-refractivity contribution in [2.24, 2.45) is 45.8 Å². The number of aliphatic hydroxyl groups is 1. The standard InChI is InChI=1S/C34H48O9/c1-8-9-10-26(20(5)36)43-29-27(37)30(42-21(6)28(29)40-7)41-17-33-15-23-19(4)11-12-24(23)32(16-35)14-22(33)13-25(18(2)3)34(32,33)31(38)39/h8-10,13,16,18-19,21-24,27-30,37H,11-12,14-15,17H2,1-7H3,(H,38,39)/b9-8+,26-10+/t19-,21-,22+,23-,24-,27+,28-,29+,30?,32+,33+,34+/m1/s1. The summed E-state index contributed by atoms with van der Waals surface area (Å²) >= 11 is 0. The Bertz CT molecular complexity index is 1220.